The van der Waals surface area contributed by atoms with Gasteiger partial charge in [-0.3, -0.25) is 4.79 Å². The fourth-order valence-corrected chi connectivity index (χ4v) is 4.15. The highest BCUT2D eigenvalue weighted by atomic mass is 19.4. The Bertz CT molecular complexity index is 722. The molecule has 1 saturated carbocycles. The number of alkyl halides is 9. The summed E-state index contributed by atoms with van der Waals surface area (Å²) in [6.07, 6.45) is -20.8. The number of esters is 1. The van der Waals surface area contributed by atoms with Crippen molar-refractivity contribution in [3.05, 3.63) is 0 Å². The summed E-state index contributed by atoms with van der Waals surface area (Å²) in [5, 5.41) is 20.0. The Kier molecular flexibility index (Phi) is 8.16. The molecule has 13 heteroatoms. The summed E-state index contributed by atoms with van der Waals surface area (Å²) in [6, 6.07) is 0. The van der Waals surface area contributed by atoms with Gasteiger partial charge in [-0.25, -0.2) is 0 Å². The lowest BCUT2D eigenvalue weighted by Crippen LogP contribution is -2.65. The zero-order valence-electron chi connectivity index (χ0n) is 19.7. The van der Waals surface area contributed by atoms with Crippen molar-refractivity contribution in [3.63, 3.8) is 0 Å². The van der Waals surface area contributed by atoms with E-state index in [-0.39, 0.29) is 13.3 Å². The van der Waals surface area contributed by atoms with Gasteiger partial charge in [0.15, 0.2) is 5.60 Å². The summed E-state index contributed by atoms with van der Waals surface area (Å²) in [7, 11) is 0. The summed E-state index contributed by atoms with van der Waals surface area (Å²) in [6.45, 7) is 7.20. The number of hydrogen-bond acceptors (Lipinski definition) is 4. The summed E-state index contributed by atoms with van der Waals surface area (Å²) in [5.41, 5.74) is -11.9. The predicted octanol–water partition coefficient (Wildman–Crippen LogP) is 5.95. The lowest BCUT2D eigenvalue weighted by Gasteiger charge is -2.50. The van der Waals surface area contributed by atoms with Gasteiger partial charge in [-0.05, 0) is 72.1 Å². The van der Waals surface area contributed by atoms with Crippen LogP contribution in [0, 0.1) is 23.2 Å². The van der Waals surface area contributed by atoms with E-state index in [1.807, 2.05) is 0 Å². The first-order valence-electron chi connectivity index (χ1n) is 10.6. The van der Waals surface area contributed by atoms with Crippen molar-refractivity contribution in [1.29, 1.82) is 0 Å². The molecule has 1 aliphatic carbocycles. The highest BCUT2D eigenvalue weighted by Crippen LogP contribution is 2.57. The van der Waals surface area contributed by atoms with Gasteiger partial charge in [0.1, 0.15) is 5.60 Å². The van der Waals surface area contributed by atoms with Crippen molar-refractivity contribution in [2.45, 2.75) is 103 Å². The quantitative estimate of drug-likeness (QED) is 0.337. The number of hydrogen-bond donors (Lipinski definition) is 2. The maximum absolute atomic E-state index is 13.5. The van der Waals surface area contributed by atoms with Gasteiger partial charge < -0.3 is 14.9 Å². The van der Waals surface area contributed by atoms with E-state index in [4.69, 9.17) is 4.74 Å². The molecule has 4 atom stereocenters. The van der Waals surface area contributed by atoms with Gasteiger partial charge in [0, 0.05) is 5.92 Å². The largest absolute Gasteiger partial charge is 0.459 e. The molecule has 0 aromatic rings. The molecule has 1 rings (SSSR count). The average Bonchev–Trinajstić information content (AvgIpc) is 2.63. The first kappa shape index (κ1) is 30.8. The van der Waals surface area contributed by atoms with E-state index >= 15 is 0 Å². The van der Waals surface area contributed by atoms with E-state index in [0.29, 0.717) is 0 Å². The van der Waals surface area contributed by atoms with Gasteiger partial charge >= 0.3 is 24.5 Å². The Morgan fingerprint density at radius 3 is 1.47 bits per heavy atom. The molecule has 1 fully saturated rings. The highest BCUT2D eigenvalue weighted by Gasteiger charge is 2.75. The fraction of sp³-hybridized carbons (Fsp3) is 0.952. The standard InChI is InChI=1S/C21H31F9O4/c1-7-15(2,3)14(31)34-16(4,5)11-8-12(17(6,32)19(22,23)24)10-13(9-11)18(33,20(25,26)27)21(28,29)30/h11-13,32-33H,7-10H2,1-6H3. The monoisotopic (exact) mass is 518 g/mol. The Morgan fingerprint density at radius 2 is 1.12 bits per heavy atom. The Labute approximate surface area is 191 Å². The molecule has 0 aromatic heterocycles. The van der Waals surface area contributed by atoms with Gasteiger partial charge in [-0.1, -0.05) is 6.92 Å². The summed E-state index contributed by atoms with van der Waals surface area (Å²) in [4.78, 5) is 12.5. The topological polar surface area (TPSA) is 66.8 Å². The van der Waals surface area contributed by atoms with Crippen molar-refractivity contribution in [2.75, 3.05) is 0 Å². The molecule has 34 heavy (non-hydrogen) atoms. The molecule has 0 amide bonds. The fourth-order valence-electron chi connectivity index (χ4n) is 4.15. The van der Waals surface area contributed by atoms with E-state index in [0.717, 1.165) is 0 Å². The molecule has 1 aliphatic rings. The normalized spacial score (nSPS) is 25.6. The molecule has 4 nitrogen and oxygen atoms in total. The van der Waals surface area contributed by atoms with Crippen LogP contribution in [0.4, 0.5) is 39.5 Å². The molecule has 0 spiro atoms. The predicted molar refractivity (Wildman–Crippen MR) is 102 cm³/mol. The van der Waals surface area contributed by atoms with Crippen LogP contribution in [-0.2, 0) is 9.53 Å². The number of rotatable bonds is 6. The van der Waals surface area contributed by atoms with Crippen LogP contribution in [0.1, 0.15) is 67.2 Å². The number of aliphatic hydroxyl groups is 2. The van der Waals surface area contributed by atoms with Gasteiger partial charge in [0.25, 0.3) is 5.60 Å². The zero-order chi connectivity index (χ0) is 27.3. The second kappa shape index (κ2) is 9.01. The molecule has 4 unspecified atom stereocenters. The smallest absolute Gasteiger partial charge is 0.426 e. The Morgan fingerprint density at radius 1 is 0.735 bits per heavy atom. The van der Waals surface area contributed by atoms with Crippen LogP contribution >= 0.6 is 0 Å². The summed E-state index contributed by atoms with van der Waals surface area (Å²) in [5.74, 6) is -7.26. The van der Waals surface area contributed by atoms with Gasteiger partial charge in [0.2, 0.25) is 0 Å². The van der Waals surface area contributed by atoms with E-state index in [1.165, 1.54) is 27.7 Å². The van der Waals surface area contributed by atoms with Crippen LogP contribution in [0.3, 0.4) is 0 Å². The number of ether oxygens (including phenoxy) is 1. The van der Waals surface area contributed by atoms with E-state index in [2.05, 4.69) is 0 Å². The number of carbonyl (C=O) groups is 1. The molecule has 0 aromatic carbocycles. The summed E-state index contributed by atoms with van der Waals surface area (Å²) >= 11 is 0. The van der Waals surface area contributed by atoms with Crippen molar-refractivity contribution >= 4 is 5.97 Å². The lowest BCUT2D eigenvalue weighted by atomic mass is 9.61. The summed E-state index contributed by atoms with van der Waals surface area (Å²) < 4.78 is 127. The van der Waals surface area contributed by atoms with E-state index < -0.39 is 83.7 Å². The van der Waals surface area contributed by atoms with Crippen molar-refractivity contribution in [2.24, 2.45) is 23.2 Å². The highest BCUT2D eigenvalue weighted by molar-refractivity contribution is 5.76. The van der Waals surface area contributed by atoms with Crippen molar-refractivity contribution in [1.82, 2.24) is 0 Å². The number of carbonyl (C=O) groups excluding carboxylic acids is 1. The second-order valence-corrected chi connectivity index (χ2v) is 10.4. The maximum Gasteiger partial charge on any atom is 0.426 e. The zero-order valence-corrected chi connectivity index (χ0v) is 19.7. The minimum absolute atomic E-state index is 0.260. The second-order valence-electron chi connectivity index (χ2n) is 10.4. The molecular weight excluding hydrogens is 487 g/mol. The maximum atomic E-state index is 13.5. The Balaban J connectivity index is 3.59. The number of halogens is 9. The van der Waals surface area contributed by atoms with Crippen molar-refractivity contribution < 1.29 is 59.3 Å². The first-order chi connectivity index (χ1) is 14.8. The van der Waals surface area contributed by atoms with Crippen LogP contribution in [0.2, 0.25) is 0 Å². The van der Waals surface area contributed by atoms with Crippen LogP contribution in [0.25, 0.3) is 0 Å². The van der Waals surface area contributed by atoms with E-state index in [9.17, 15) is 54.5 Å². The van der Waals surface area contributed by atoms with Crippen LogP contribution in [0.15, 0.2) is 0 Å². The average molecular weight is 518 g/mol. The van der Waals surface area contributed by atoms with Crippen molar-refractivity contribution in [3.8, 4) is 0 Å². The van der Waals surface area contributed by atoms with Gasteiger partial charge in [-0.2, -0.15) is 39.5 Å². The lowest BCUT2D eigenvalue weighted by molar-refractivity contribution is -0.392. The first-order valence-corrected chi connectivity index (χ1v) is 10.6. The third-order valence-corrected chi connectivity index (χ3v) is 7.31. The minimum Gasteiger partial charge on any atom is -0.459 e. The van der Waals surface area contributed by atoms with Gasteiger partial charge in [0.05, 0.1) is 5.41 Å². The molecule has 0 saturated heterocycles. The molecule has 202 valence electrons. The Hall–Kier alpha value is -1.24. The third-order valence-electron chi connectivity index (χ3n) is 7.31. The molecule has 0 heterocycles. The van der Waals surface area contributed by atoms with Gasteiger partial charge in [-0.15, -0.1) is 0 Å². The van der Waals surface area contributed by atoms with Crippen LogP contribution in [-0.4, -0.2) is 51.5 Å². The van der Waals surface area contributed by atoms with E-state index in [1.54, 1.807) is 6.92 Å². The molecular formula is C21H31F9O4. The molecule has 0 radical (unpaired) electrons. The molecule has 0 bridgehead atoms. The molecule has 0 aliphatic heterocycles. The SMILES string of the molecule is CCC(C)(C)C(=O)OC(C)(C)C1CC(C(C)(O)C(F)(F)F)CC(C(O)(C(F)(F)F)C(F)(F)F)C1. The third kappa shape index (κ3) is 5.60. The molecule has 2 N–H and O–H groups in total. The minimum atomic E-state index is -6.27. The van der Waals surface area contributed by atoms with Crippen LogP contribution in [0.5, 0.6) is 0 Å². The van der Waals surface area contributed by atoms with Crippen LogP contribution < -0.4 is 0 Å².